The molecule has 3 N–H and O–H groups in total. The summed E-state index contributed by atoms with van der Waals surface area (Å²) in [6.45, 7) is 2.64. The molecule has 0 fully saturated rings. The number of nitrogens with one attached hydrogen (secondary N) is 1. The maximum absolute atomic E-state index is 11.9. The highest BCUT2D eigenvalue weighted by Gasteiger charge is 2.28. The molecule has 0 aromatic carbocycles. The number of H-pyrrole nitrogens is 1. The Morgan fingerprint density at radius 2 is 2.09 bits per heavy atom. The molecule has 10 heteroatoms. The van der Waals surface area contributed by atoms with Crippen LogP contribution in [0.4, 0.5) is 16.6 Å². The number of hydrogen-bond acceptors (Lipinski definition) is 8. The van der Waals surface area contributed by atoms with E-state index in [1.165, 1.54) is 11.3 Å². The lowest BCUT2D eigenvalue weighted by Gasteiger charge is -2.20. The third-order valence-corrected chi connectivity index (χ3v) is 4.49. The second kappa shape index (κ2) is 5.37. The zero-order valence-corrected chi connectivity index (χ0v) is 12.6. The highest BCUT2D eigenvalue weighted by Crippen LogP contribution is 2.28. The van der Waals surface area contributed by atoms with Crippen molar-refractivity contribution in [1.82, 2.24) is 15.0 Å². The van der Waals surface area contributed by atoms with Crippen molar-refractivity contribution < 1.29 is 4.92 Å². The topological polar surface area (TPSA) is 131 Å². The average molecular weight is 322 g/mol. The van der Waals surface area contributed by atoms with Crippen LogP contribution in [0, 0.1) is 17.0 Å². The molecule has 0 amide bonds. The molecule has 0 bridgehead atoms. The molecule has 0 radical (unpaired) electrons. The average Bonchev–Trinajstić information content (AvgIpc) is 2.66. The van der Waals surface area contributed by atoms with Gasteiger partial charge in [0.15, 0.2) is 5.13 Å². The number of rotatable bonds is 2. The van der Waals surface area contributed by atoms with Crippen molar-refractivity contribution >= 4 is 28.0 Å². The number of aromatic amines is 1. The van der Waals surface area contributed by atoms with E-state index in [0.29, 0.717) is 36.9 Å². The number of hydrogen-bond donors (Lipinski definition) is 2. The van der Waals surface area contributed by atoms with Crippen molar-refractivity contribution in [3.8, 4) is 0 Å². The number of aryl methyl sites for hydroxylation is 1. The second-order valence-electron chi connectivity index (χ2n) is 4.99. The van der Waals surface area contributed by atoms with Crippen molar-refractivity contribution in [2.24, 2.45) is 0 Å². The normalized spacial score (nSPS) is 14.5. The first-order chi connectivity index (χ1) is 10.5. The number of fused-ring (bicyclic) bond motifs is 1. The van der Waals surface area contributed by atoms with E-state index in [4.69, 9.17) is 5.73 Å². The second-order valence-corrected chi connectivity index (χ2v) is 6.10. The Morgan fingerprint density at radius 1 is 1.36 bits per heavy atom. The van der Waals surface area contributed by atoms with Crippen LogP contribution in [-0.2, 0) is 12.8 Å². The fraction of sp³-hybridized carbons (Fsp3) is 0.417. The van der Waals surface area contributed by atoms with Gasteiger partial charge in [-0.15, -0.1) is 11.3 Å². The van der Waals surface area contributed by atoms with Gasteiger partial charge in [0.05, 0.1) is 10.6 Å². The van der Waals surface area contributed by atoms with Crippen molar-refractivity contribution in [2.75, 3.05) is 23.7 Å². The van der Waals surface area contributed by atoms with Gasteiger partial charge in [0, 0.05) is 30.8 Å². The zero-order chi connectivity index (χ0) is 15.9. The third kappa shape index (κ3) is 2.52. The Bertz CT molecular complexity index is 773. The summed E-state index contributed by atoms with van der Waals surface area (Å²) in [6.07, 6.45) is 1.29. The molecule has 0 unspecified atom stereocenters. The molecule has 1 aliphatic heterocycles. The van der Waals surface area contributed by atoms with E-state index in [9.17, 15) is 14.9 Å². The monoisotopic (exact) mass is 322 g/mol. The molecular weight excluding hydrogens is 308 g/mol. The SMILES string of the molecule is Cc1nc(N2CCc3nc(N)sc3CC2)c([N+](=O)[O-])c(=O)[nH]1. The van der Waals surface area contributed by atoms with Crippen LogP contribution < -0.4 is 16.2 Å². The molecule has 22 heavy (non-hydrogen) atoms. The van der Waals surface area contributed by atoms with Crippen LogP contribution in [0.25, 0.3) is 0 Å². The minimum absolute atomic E-state index is 0.120. The highest BCUT2D eigenvalue weighted by molar-refractivity contribution is 7.15. The lowest BCUT2D eigenvalue weighted by atomic mass is 10.2. The molecule has 3 rings (SSSR count). The van der Waals surface area contributed by atoms with E-state index < -0.39 is 16.2 Å². The molecule has 0 atom stereocenters. The predicted octanol–water partition coefficient (Wildman–Crippen LogP) is 0.630. The van der Waals surface area contributed by atoms with Gasteiger partial charge in [-0.3, -0.25) is 14.9 Å². The van der Waals surface area contributed by atoms with Gasteiger partial charge in [-0.1, -0.05) is 0 Å². The van der Waals surface area contributed by atoms with Crippen LogP contribution in [0.5, 0.6) is 0 Å². The van der Waals surface area contributed by atoms with Gasteiger partial charge >= 0.3 is 11.2 Å². The molecule has 9 nitrogen and oxygen atoms in total. The Balaban J connectivity index is 1.97. The molecule has 0 aliphatic carbocycles. The summed E-state index contributed by atoms with van der Waals surface area (Å²) in [5, 5.41) is 11.7. The third-order valence-electron chi connectivity index (χ3n) is 3.50. The van der Waals surface area contributed by atoms with Crippen molar-refractivity contribution in [3.63, 3.8) is 0 Å². The smallest absolute Gasteiger partial charge is 0.375 e. The summed E-state index contributed by atoms with van der Waals surface area (Å²) in [5.74, 6) is 0.473. The van der Waals surface area contributed by atoms with Crippen LogP contribution in [0.2, 0.25) is 0 Å². The summed E-state index contributed by atoms with van der Waals surface area (Å²) < 4.78 is 0. The van der Waals surface area contributed by atoms with Crippen molar-refractivity contribution in [2.45, 2.75) is 19.8 Å². The summed E-state index contributed by atoms with van der Waals surface area (Å²) in [7, 11) is 0. The molecule has 3 heterocycles. The zero-order valence-electron chi connectivity index (χ0n) is 11.8. The standard InChI is InChI=1S/C12H14N6O3S/c1-6-14-10(9(18(20)21)11(19)15-6)17-4-2-7-8(3-5-17)22-12(13)16-7/h2-5H2,1H3,(H2,13,16)(H,14,15,19). The van der Waals surface area contributed by atoms with Crippen LogP contribution in [0.15, 0.2) is 4.79 Å². The van der Waals surface area contributed by atoms with Gasteiger partial charge in [-0.25, -0.2) is 9.97 Å². The summed E-state index contributed by atoms with van der Waals surface area (Å²) in [6, 6.07) is 0. The molecular formula is C12H14N6O3S. The van der Waals surface area contributed by atoms with E-state index in [2.05, 4.69) is 15.0 Å². The predicted molar refractivity (Wildman–Crippen MR) is 82.4 cm³/mol. The molecule has 2 aromatic heterocycles. The van der Waals surface area contributed by atoms with Gasteiger partial charge in [0.2, 0.25) is 5.82 Å². The fourth-order valence-electron chi connectivity index (χ4n) is 2.54. The molecule has 116 valence electrons. The molecule has 0 saturated heterocycles. The Morgan fingerprint density at radius 3 is 2.82 bits per heavy atom. The lowest BCUT2D eigenvalue weighted by molar-refractivity contribution is -0.385. The lowest BCUT2D eigenvalue weighted by Crippen LogP contribution is -2.30. The molecule has 2 aromatic rings. The van der Waals surface area contributed by atoms with Gasteiger partial charge in [-0.05, 0) is 6.92 Å². The van der Waals surface area contributed by atoms with Crippen LogP contribution in [0.1, 0.15) is 16.4 Å². The van der Waals surface area contributed by atoms with Gasteiger partial charge in [0.25, 0.3) is 0 Å². The number of nitro groups is 1. The van der Waals surface area contributed by atoms with Gasteiger partial charge < -0.3 is 15.6 Å². The first-order valence-electron chi connectivity index (χ1n) is 6.70. The van der Waals surface area contributed by atoms with E-state index in [-0.39, 0.29) is 5.82 Å². The van der Waals surface area contributed by atoms with Crippen molar-refractivity contribution in [1.29, 1.82) is 0 Å². The highest BCUT2D eigenvalue weighted by atomic mass is 32.1. The van der Waals surface area contributed by atoms with Crippen molar-refractivity contribution in [3.05, 3.63) is 36.9 Å². The maximum atomic E-state index is 11.9. The maximum Gasteiger partial charge on any atom is 0.375 e. The number of nitrogens with two attached hydrogens (primary N) is 1. The largest absolute Gasteiger partial charge is 0.375 e. The summed E-state index contributed by atoms with van der Waals surface area (Å²) in [4.78, 5) is 36.0. The van der Waals surface area contributed by atoms with E-state index in [1.807, 2.05) is 0 Å². The fourth-order valence-corrected chi connectivity index (χ4v) is 3.41. The minimum Gasteiger partial charge on any atom is -0.375 e. The van der Waals surface area contributed by atoms with E-state index in [0.717, 1.165) is 10.6 Å². The van der Waals surface area contributed by atoms with Crippen LogP contribution >= 0.6 is 11.3 Å². The number of nitrogen functional groups attached to an aromatic ring is 1. The minimum atomic E-state index is -0.728. The first kappa shape index (κ1) is 14.4. The summed E-state index contributed by atoms with van der Waals surface area (Å²) in [5.41, 5.74) is 5.39. The van der Waals surface area contributed by atoms with Gasteiger partial charge in [0.1, 0.15) is 5.82 Å². The summed E-state index contributed by atoms with van der Waals surface area (Å²) >= 11 is 1.44. The molecule has 0 spiro atoms. The van der Waals surface area contributed by atoms with E-state index in [1.54, 1.807) is 11.8 Å². The first-order valence-corrected chi connectivity index (χ1v) is 7.51. The van der Waals surface area contributed by atoms with Crippen LogP contribution in [-0.4, -0.2) is 33.0 Å². The van der Waals surface area contributed by atoms with E-state index >= 15 is 0 Å². The Hall–Kier alpha value is -2.49. The molecule has 1 aliphatic rings. The molecule has 0 saturated carbocycles. The van der Waals surface area contributed by atoms with Gasteiger partial charge in [-0.2, -0.15) is 0 Å². The number of anilines is 2. The number of aromatic nitrogens is 3. The quantitative estimate of drug-likeness (QED) is 0.612. The Labute approximate surface area is 129 Å². The Kier molecular flexibility index (Phi) is 3.53. The number of thiazole rings is 1. The van der Waals surface area contributed by atoms with Crippen LogP contribution in [0.3, 0.4) is 0 Å². The number of nitrogens with zero attached hydrogens (tertiary/aromatic N) is 4.